The average molecular weight is 1120 g/mol. The van der Waals surface area contributed by atoms with Crippen molar-refractivity contribution >= 4 is 46.1 Å². The molecule has 424 valence electrons. The van der Waals surface area contributed by atoms with E-state index in [-0.39, 0.29) is 35.2 Å². The van der Waals surface area contributed by atoms with Crippen molar-refractivity contribution in [2.45, 2.75) is 156 Å². The van der Waals surface area contributed by atoms with Crippen molar-refractivity contribution in [2.24, 2.45) is 11.8 Å². The van der Waals surface area contributed by atoms with E-state index in [4.69, 9.17) is 18.9 Å². The number of nitrogens with zero attached hydrogens (tertiary/aromatic N) is 6. The molecule has 4 aromatic rings. The molecule has 0 spiro atoms. The molecule has 14 nitrogen and oxygen atoms in total. The Kier molecular flexibility index (Phi) is 15.2. The van der Waals surface area contributed by atoms with E-state index in [0.29, 0.717) is 86.6 Å². The summed E-state index contributed by atoms with van der Waals surface area (Å²) in [6, 6.07) is 1.17. The van der Waals surface area contributed by atoms with Gasteiger partial charge in [0.1, 0.15) is 0 Å². The highest BCUT2D eigenvalue weighted by Gasteiger charge is 2.51. The number of ether oxygens (including phenoxy) is 4. The molecule has 0 radical (unpaired) electrons. The van der Waals surface area contributed by atoms with Gasteiger partial charge in [-0.15, -0.1) is 22.7 Å². The van der Waals surface area contributed by atoms with Crippen LogP contribution in [0.25, 0.3) is 20.9 Å². The lowest BCUT2D eigenvalue weighted by Crippen LogP contribution is -2.46. The maximum absolute atomic E-state index is 14.1. The van der Waals surface area contributed by atoms with Crippen molar-refractivity contribution in [3.63, 3.8) is 0 Å². The predicted molar refractivity (Wildman–Crippen MR) is 314 cm³/mol. The third-order valence-corrected chi connectivity index (χ3v) is 20.4. The zero-order chi connectivity index (χ0) is 56.7. The van der Waals surface area contributed by atoms with Gasteiger partial charge < -0.3 is 38.5 Å². The maximum atomic E-state index is 14.1. The van der Waals surface area contributed by atoms with E-state index in [1.54, 1.807) is 22.7 Å². The lowest BCUT2D eigenvalue weighted by molar-refractivity contribution is -0.123. The molecule has 0 N–H and O–H groups in total. The highest BCUT2D eigenvalue weighted by Crippen LogP contribution is 2.58. The van der Waals surface area contributed by atoms with Gasteiger partial charge in [0.25, 0.3) is 23.4 Å². The summed E-state index contributed by atoms with van der Waals surface area (Å²) in [5.41, 5.74) is 16.1. The summed E-state index contributed by atoms with van der Waals surface area (Å²) >= 11 is 3.11. The molecule has 2 aromatic heterocycles. The van der Waals surface area contributed by atoms with Crippen LogP contribution in [0.1, 0.15) is 149 Å². The number of carbonyl (C=O) groups excluding carboxylic acids is 4. The first-order valence-electron chi connectivity index (χ1n) is 28.8. The molecule has 4 aliphatic heterocycles. The van der Waals surface area contributed by atoms with Gasteiger partial charge in [-0.2, -0.15) is 0 Å². The number of thiazole rings is 2. The standard InChI is InChI=1S/2C32H39N3O4S/c2*1-18-13-19(2)24(25(36)14-18)16-35-12-11-23-27(31(35)37)20(3)29-30(28(23)26-15-33-17-40-26)39-32(4,38-29)21-7-9-22(10-8-21)34(5)6/h2*13,15,17,21-22H,7-12,14,16H2,1-6H3/t2*21?,22?,32-/m10/s1. The molecule has 12 rings (SSSR count). The Hall–Kier alpha value is -5.94. The number of Topliss-reactive ketones (excluding diaryl/α,β-unsaturated/α-hetero) is 2. The summed E-state index contributed by atoms with van der Waals surface area (Å²) in [5.74, 6) is 1.96. The number of aromatic nitrogens is 2. The first-order chi connectivity index (χ1) is 38.1. The molecule has 0 saturated heterocycles. The summed E-state index contributed by atoms with van der Waals surface area (Å²) in [6.45, 7) is 17.8. The average Bonchev–Trinajstić information content (AvgIpc) is 4.40. The quantitative estimate of drug-likeness (QED) is 0.149. The van der Waals surface area contributed by atoms with Crippen molar-refractivity contribution in [1.82, 2.24) is 29.6 Å². The van der Waals surface area contributed by atoms with Crippen LogP contribution in [0.3, 0.4) is 0 Å². The fourth-order valence-electron chi connectivity index (χ4n) is 14.2. The summed E-state index contributed by atoms with van der Waals surface area (Å²) < 4.78 is 27.1. The third kappa shape index (κ3) is 10.1. The minimum Gasteiger partial charge on any atom is -0.448 e. The van der Waals surface area contributed by atoms with E-state index in [9.17, 15) is 19.2 Å². The van der Waals surface area contributed by atoms with E-state index in [0.717, 1.165) is 139 Å². The number of ketones is 2. The SMILES string of the molecule is CC1=CC(C)=C(CN2CCc3c(c(C)c4c(c3-c3cncs3)O[C@@](C)(C3CCC(N(C)C)CC3)O4)C2=O)C(=O)C1.CC1=CC(C)=C(CN2CCc3c(c(C)c4c(c3-c3cncs3)O[C@](C)(C3CCC(N(C)C)CC3)O4)C2=O)C(=O)C1. The fraction of sp³-hybridized carbons (Fsp3) is 0.531. The van der Waals surface area contributed by atoms with E-state index in [1.165, 1.54) is 0 Å². The number of rotatable bonds is 10. The summed E-state index contributed by atoms with van der Waals surface area (Å²) in [6.07, 6.45) is 18.7. The Morgan fingerprint density at radius 1 is 0.537 bits per heavy atom. The lowest BCUT2D eigenvalue weighted by Gasteiger charge is -2.39. The number of hydrogen-bond acceptors (Lipinski definition) is 14. The molecule has 16 heteroatoms. The second kappa shape index (κ2) is 21.8. The zero-order valence-electron chi connectivity index (χ0n) is 48.9. The van der Waals surface area contributed by atoms with Gasteiger partial charge in [0, 0.05) is 123 Å². The molecule has 0 unspecified atom stereocenters. The smallest absolute Gasteiger partial charge is 0.254 e. The van der Waals surface area contributed by atoms with Crippen LogP contribution in [0.2, 0.25) is 0 Å². The van der Waals surface area contributed by atoms with Crippen LogP contribution in [0.5, 0.6) is 23.0 Å². The summed E-state index contributed by atoms with van der Waals surface area (Å²) in [4.78, 5) is 73.0. The molecule has 0 bridgehead atoms. The number of carbonyl (C=O) groups is 4. The molecule has 2 aromatic carbocycles. The number of hydrogen-bond donors (Lipinski definition) is 0. The van der Waals surface area contributed by atoms with E-state index in [1.807, 2.05) is 74.8 Å². The van der Waals surface area contributed by atoms with Gasteiger partial charge in [-0.3, -0.25) is 29.1 Å². The molecule has 2 atom stereocenters. The van der Waals surface area contributed by atoms with Gasteiger partial charge in [0.2, 0.25) is 0 Å². The molecule has 4 aliphatic carbocycles. The summed E-state index contributed by atoms with van der Waals surface area (Å²) in [7, 11) is 8.61. The first kappa shape index (κ1) is 55.9. The fourth-order valence-corrected chi connectivity index (χ4v) is 15.6. The number of fused-ring (bicyclic) bond motifs is 4. The molecule has 2 saturated carbocycles. The normalized spacial score (nSPS) is 26.5. The van der Waals surface area contributed by atoms with Crippen molar-refractivity contribution in [3.8, 4) is 43.9 Å². The largest absolute Gasteiger partial charge is 0.448 e. The Morgan fingerprint density at radius 2 is 0.900 bits per heavy atom. The van der Waals surface area contributed by atoms with Crippen molar-refractivity contribution in [1.29, 1.82) is 0 Å². The predicted octanol–water partition coefficient (Wildman–Crippen LogP) is 11.9. The topological polar surface area (TPSA) is 144 Å². The van der Waals surface area contributed by atoms with Crippen LogP contribution in [-0.4, -0.2) is 131 Å². The minimum atomic E-state index is -0.781. The van der Waals surface area contributed by atoms with Crippen molar-refractivity contribution in [2.75, 3.05) is 54.4 Å². The highest BCUT2D eigenvalue weighted by molar-refractivity contribution is 7.13. The van der Waals surface area contributed by atoms with Crippen LogP contribution in [0, 0.1) is 25.7 Å². The van der Waals surface area contributed by atoms with E-state index >= 15 is 0 Å². The Bertz CT molecular complexity index is 3080. The van der Waals surface area contributed by atoms with Gasteiger partial charge in [-0.05, 0) is 156 Å². The Labute approximate surface area is 479 Å². The molecule has 2 fully saturated rings. The Balaban J connectivity index is 0.000000169. The Morgan fingerprint density at radius 3 is 1.23 bits per heavy atom. The number of benzene rings is 2. The molecular weight excluding hydrogens is 1040 g/mol. The van der Waals surface area contributed by atoms with Crippen LogP contribution in [-0.2, 0) is 22.4 Å². The minimum absolute atomic E-state index is 0.0459. The van der Waals surface area contributed by atoms with Crippen LogP contribution < -0.4 is 18.9 Å². The first-order valence-corrected chi connectivity index (χ1v) is 30.5. The van der Waals surface area contributed by atoms with Crippen LogP contribution in [0.15, 0.2) is 69.0 Å². The second-order valence-electron chi connectivity index (χ2n) is 24.6. The maximum Gasteiger partial charge on any atom is 0.254 e. The van der Waals surface area contributed by atoms with Gasteiger partial charge in [0.15, 0.2) is 34.6 Å². The van der Waals surface area contributed by atoms with Crippen LogP contribution >= 0.6 is 22.7 Å². The lowest BCUT2D eigenvalue weighted by atomic mass is 9.81. The number of amides is 2. The molecule has 80 heavy (non-hydrogen) atoms. The van der Waals surface area contributed by atoms with Crippen molar-refractivity contribution in [3.05, 3.63) is 102 Å². The molecule has 2 amide bonds. The molecular formula is C64H78N6O8S2. The zero-order valence-corrected chi connectivity index (χ0v) is 50.5. The van der Waals surface area contributed by atoms with E-state index < -0.39 is 11.6 Å². The van der Waals surface area contributed by atoms with Gasteiger partial charge in [-0.1, -0.05) is 23.3 Å². The molecule has 8 aliphatic rings. The monoisotopic (exact) mass is 1120 g/mol. The summed E-state index contributed by atoms with van der Waals surface area (Å²) in [5, 5.41) is 0. The molecule has 6 heterocycles. The van der Waals surface area contributed by atoms with Gasteiger partial charge in [-0.25, -0.2) is 0 Å². The number of allylic oxidation sites excluding steroid dienone is 6. The highest BCUT2D eigenvalue weighted by atomic mass is 32.1. The second-order valence-corrected chi connectivity index (χ2v) is 26.4. The third-order valence-electron chi connectivity index (χ3n) is 18.8. The van der Waals surface area contributed by atoms with Crippen molar-refractivity contribution < 1.29 is 38.1 Å². The van der Waals surface area contributed by atoms with Gasteiger partial charge >= 0.3 is 0 Å². The van der Waals surface area contributed by atoms with E-state index in [2.05, 4.69) is 74.0 Å². The van der Waals surface area contributed by atoms with Crippen LogP contribution in [0.4, 0.5) is 0 Å². The van der Waals surface area contributed by atoms with Gasteiger partial charge in [0.05, 0.1) is 31.9 Å².